The molecular formula is C21H23N3O4S2. The van der Waals surface area contributed by atoms with Crippen LogP contribution in [-0.2, 0) is 23.5 Å². The second-order valence-electron chi connectivity index (χ2n) is 7.00. The van der Waals surface area contributed by atoms with Gasteiger partial charge in [-0.15, -0.1) is 21.5 Å². The average Bonchev–Trinajstić information content (AvgIpc) is 3.43. The Hall–Kier alpha value is -2.52. The van der Waals surface area contributed by atoms with Gasteiger partial charge >= 0.3 is 5.97 Å². The van der Waals surface area contributed by atoms with Crippen LogP contribution in [0.1, 0.15) is 31.4 Å². The summed E-state index contributed by atoms with van der Waals surface area (Å²) in [6, 6.07) is 8.04. The van der Waals surface area contributed by atoms with E-state index in [0.717, 1.165) is 28.4 Å². The normalized spacial score (nSPS) is 15.1. The van der Waals surface area contributed by atoms with Gasteiger partial charge in [-0.2, -0.15) is 0 Å². The lowest BCUT2D eigenvalue weighted by atomic mass is 10.1. The van der Waals surface area contributed by atoms with Crippen molar-refractivity contribution >= 4 is 29.1 Å². The van der Waals surface area contributed by atoms with Crippen LogP contribution in [0, 0.1) is 0 Å². The van der Waals surface area contributed by atoms with Gasteiger partial charge in [0.05, 0.1) is 17.9 Å². The summed E-state index contributed by atoms with van der Waals surface area (Å²) in [5.74, 6) is 2.24. The molecule has 158 valence electrons. The van der Waals surface area contributed by atoms with Gasteiger partial charge in [-0.05, 0) is 37.4 Å². The summed E-state index contributed by atoms with van der Waals surface area (Å²) in [6.07, 6.45) is 1.07. The van der Waals surface area contributed by atoms with E-state index in [1.54, 1.807) is 11.3 Å². The highest BCUT2D eigenvalue weighted by Gasteiger charge is 2.23. The summed E-state index contributed by atoms with van der Waals surface area (Å²) >= 11 is 3.08. The Labute approximate surface area is 183 Å². The Morgan fingerprint density at radius 1 is 1.43 bits per heavy atom. The molecule has 1 aliphatic heterocycles. The molecule has 0 spiro atoms. The maximum atomic E-state index is 11.1. The fourth-order valence-corrected chi connectivity index (χ4v) is 5.08. The van der Waals surface area contributed by atoms with E-state index >= 15 is 0 Å². The summed E-state index contributed by atoms with van der Waals surface area (Å²) in [7, 11) is 0. The number of carboxylic acid groups (broad SMARTS) is 1. The van der Waals surface area contributed by atoms with E-state index in [0.29, 0.717) is 29.9 Å². The highest BCUT2D eigenvalue weighted by Crippen LogP contribution is 2.38. The molecule has 1 aromatic carbocycles. The smallest absolute Gasteiger partial charge is 0.305 e. The van der Waals surface area contributed by atoms with Gasteiger partial charge in [-0.25, -0.2) is 0 Å². The van der Waals surface area contributed by atoms with Crippen molar-refractivity contribution in [3.05, 3.63) is 40.8 Å². The lowest BCUT2D eigenvalue weighted by Gasteiger charge is -2.13. The van der Waals surface area contributed by atoms with E-state index in [2.05, 4.69) is 29.3 Å². The molecule has 1 N–H and O–H groups in total. The number of hydrogen-bond donors (Lipinski definition) is 1. The Balaban J connectivity index is 1.59. The van der Waals surface area contributed by atoms with Crippen molar-refractivity contribution in [2.75, 3.05) is 6.61 Å². The Morgan fingerprint density at radius 3 is 3.03 bits per heavy atom. The van der Waals surface area contributed by atoms with E-state index in [1.165, 1.54) is 17.3 Å². The molecule has 2 aromatic heterocycles. The second-order valence-corrected chi connectivity index (χ2v) is 8.89. The molecule has 0 saturated carbocycles. The molecule has 30 heavy (non-hydrogen) atoms. The molecule has 7 nitrogen and oxygen atoms in total. The van der Waals surface area contributed by atoms with E-state index < -0.39 is 5.97 Å². The first-order valence-electron chi connectivity index (χ1n) is 9.82. The van der Waals surface area contributed by atoms with Crippen LogP contribution in [0.15, 0.2) is 34.8 Å². The maximum Gasteiger partial charge on any atom is 0.305 e. The number of thiophene rings is 1. The number of aromatic nitrogens is 3. The van der Waals surface area contributed by atoms with Crippen molar-refractivity contribution in [3.63, 3.8) is 0 Å². The molecule has 1 unspecified atom stereocenters. The fraction of sp³-hybridized carbons (Fsp3) is 0.381. The molecule has 0 bridgehead atoms. The Bertz CT molecular complexity index is 1030. The molecule has 0 fully saturated rings. The first-order chi connectivity index (χ1) is 14.5. The lowest BCUT2D eigenvalue weighted by Crippen LogP contribution is -2.07. The molecule has 1 atom stereocenters. The summed E-state index contributed by atoms with van der Waals surface area (Å²) in [5.41, 5.74) is 2.20. The number of rotatable bonds is 9. The number of ether oxygens (including phenoxy) is 2. The third-order valence-electron chi connectivity index (χ3n) is 4.74. The van der Waals surface area contributed by atoms with Crippen LogP contribution in [0.3, 0.4) is 0 Å². The minimum absolute atomic E-state index is 0.0126. The Morgan fingerprint density at radius 2 is 2.30 bits per heavy atom. The summed E-state index contributed by atoms with van der Waals surface area (Å²) in [4.78, 5) is 12.1. The number of nitrogens with zero attached hydrogens (tertiary/aromatic N) is 3. The van der Waals surface area contributed by atoms with Gasteiger partial charge in [0.25, 0.3) is 0 Å². The van der Waals surface area contributed by atoms with E-state index in [4.69, 9.17) is 14.6 Å². The molecule has 4 rings (SSSR count). The van der Waals surface area contributed by atoms with E-state index in [1.807, 2.05) is 29.0 Å². The molecular weight excluding hydrogens is 422 g/mol. The van der Waals surface area contributed by atoms with Gasteiger partial charge in [0.1, 0.15) is 17.6 Å². The monoisotopic (exact) mass is 445 g/mol. The molecule has 1 aliphatic rings. The number of thioether (sulfide) groups is 1. The molecule has 9 heteroatoms. The van der Waals surface area contributed by atoms with Gasteiger partial charge in [-0.1, -0.05) is 17.8 Å². The molecule has 0 amide bonds. The van der Waals surface area contributed by atoms with Crippen molar-refractivity contribution < 1.29 is 19.4 Å². The highest BCUT2D eigenvalue weighted by molar-refractivity contribution is 7.98. The van der Waals surface area contributed by atoms with Crippen molar-refractivity contribution in [1.82, 2.24) is 14.8 Å². The quantitative estimate of drug-likeness (QED) is 0.485. The van der Waals surface area contributed by atoms with Crippen molar-refractivity contribution in [2.24, 2.45) is 0 Å². The zero-order valence-electron chi connectivity index (χ0n) is 16.8. The number of aliphatic carboxylic acids is 1. The van der Waals surface area contributed by atoms with Crippen molar-refractivity contribution in [3.8, 4) is 22.2 Å². The van der Waals surface area contributed by atoms with Crippen LogP contribution >= 0.6 is 23.1 Å². The minimum Gasteiger partial charge on any atom is -0.494 e. The number of fused-ring (bicyclic) bond motifs is 1. The fourth-order valence-electron chi connectivity index (χ4n) is 3.42. The van der Waals surface area contributed by atoms with Crippen LogP contribution in [0.2, 0.25) is 0 Å². The summed E-state index contributed by atoms with van der Waals surface area (Å²) < 4.78 is 13.7. The summed E-state index contributed by atoms with van der Waals surface area (Å²) in [6.45, 7) is 4.94. The molecule has 0 radical (unpaired) electrons. The van der Waals surface area contributed by atoms with Crippen molar-refractivity contribution in [1.29, 1.82) is 0 Å². The first kappa shape index (κ1) is 20.7. The van der Waals surface area contributed by atoms with Crippen LogP contribution in [0.5, 0.6) is 11.5 Å². The first-order valence-corrected chi connectivity index (χ1v) is 11.7. The van der Waals surface area contributed by atoms with Crippen LogP contribution < -0.4 is 9.47 Å². The third kappa shape index (κ3) is 4.46. The number of hydrogen-bond acceptors (Lipinski definition) is 7. The average molecular weight is 446 g/mol. The maximum absolute atomic E-state index is 11.1. The number of carbonyl (C=O) groups is 1. The molecule has 0 saturated heterocycles. The zero-order valence-corrected chi connectivity index (χ0v) is 18.5. The second kappa shape index (κ2) is 9.09. The Kier molecular flexibility index (Phi) is 6.29. The lowest BCUT2D eigenvalue weighted by molar-refractivity contribution is -0.137. The van der Waals surface area contributed by atoms with E-state index in [9.17, 15) is 4.79 Å². The predicted octanol–water partition coefficient (Wildman–Crippen LogP) is 4.50. The molecule has 0 aliphatic carbocycles. The molecule has 3 heterocycles. The summed E-state index contributed by atoms with van der Waals surface area (Å²) in [5, 5.41) is 20.5. The van der Waals surface area contributed by atoms with Crippen molar-refractivity contribution in [2.45, 2.75) is 50.2 Å². The standard InChI is InChI=1S/C21H23N3O4S2/c1-3-27-16-10-14-9-13(2)28-17(14)11-15(16)12-30-21-23-22-20(18-5-4-8-29-18)24(21)7-6-19(25)26/h4-5,8,10-11,13H,3,6-7,9,12H2,1-2H3,(H,25,26). The van der Waals surface area contributed by atoms with Gasteiger partial charge in [-0.3, -0.25) is 4.79 Å². The van der Waals surface area contributed by atoms with Gasteiger partial charge in [0.15, 0.2) is 11.0 Å². The number of benzene rings is 1. The SMILES string of the molecule is CCOc1cc2c(cc1CSc1nnc(-c3cccs3)n1CCC(=O)O)OC(C)C2. The van der Waals surface area contributed by atoms with Gasteiger partial charge < -0.3 is 19.1 Å². The van der Waals surface area contributed by atoms with Crippen LogP contribution in [-0.4, -0.2) is 38.6 Å². The predicted molar refractivity (Wildman–Crippen MR) is 117 cm³/mol. The van der Waals surface area contributed by atoms with Crippen LogP contribution in [0.4, 0.5) is 0 Å². The van der Waals surface area contributed by atoms with E-state index in [-0.39, 0.29) is 12.5 Å². The van der Waals surface area contributed by atoms with Gasteiger partial charge in [0, 0.05) is 29.8 Å². The third-order valence-corrected chi connectivity index (χ3v) is 6.62. The topological polar surface area (TPSA) is 86.5 Å². The minimum atomic E-state index is -0.847. The van der Waals surface area contributed by atoms with Gasteiger partial charge in [0.2, 0.25) is 0 Å². The largest absolute Gasteiger partial charge is 0.494 e. The molecule has 3 aromatic rings. The highest BCUT2D eigenvalue weighted by atomic mass is 32.2. The number of carboxylic acids is 1. The van der Waals surface area contributed by atoms with Crippen LogP contribution in [0.25, 0.3) is 10.7 Å². The zero-order chi connectivity index (χ0) is 21.1.